The minimum atomic E-state index is 0.801. The summed E-state index contributed by atoms with van der Waals surface area (Å²) in [6.45, 7) is 3.77. The summed E-state index contributed by atoms with van der Waals surface area (Å²) in [7, 11) is 1.80. The Kier molecular flexibility index (Phi) is 4.98. The highest BCUT2D eigenvalue weighted by atomic mass is 32.1. The number of aryl methyl sites for hydroxylation is 1. The Balaban J connectivity index is 1.53. The van der Waals surface area contributed by atoms with E-state index in [-0.39, 0.29) is 0 Å². The molecule has 4 nitrogen and oxygen atoms in total. The molecular weight excluding hydrogens is 304 g/mol. The number of nitrogens with zero attached hydrogens (tertiary/aromatic N) is 1. The molecule has 3 N–H and O–H groups in total. The summed E-state index contributed by atoms with van der Waals surface area (Å²) < 4.78 is 0. The van der Waals surface area contributed by atoms with E-state index in [1.54, 1.807) is 18.4 Å². The summed E-state index contributed by atoms with van der Waals surface area (Å²) in [5, 5.41) is 12.2. The maximum Gasteiger partial charge on any atom is 0.191 e. The number of thiophene rings is 1. The third-order valence-electron chi connectivity index (χ3n) is 3.87. The lowest BCUT2D eigenvalue weighted by molar-refractivity contribution is 0.797. The largest absolute Gasteiger partial charge is 0.361 e. The van der Waals surface area contributed by atoms with Crippen molar-refractivity contribution in [3.8, 4) is 0 Å². The Morgan fingerprint density at radius 1 is 1.26 bits per heavy atom. The van der Waals surface area contributed by atoms with Crippen molar-refractivity contribution >= 4 is 28.2 Å². The van der Waals surface area contributed by atoms with E-state index in [2.05, 4.69) is 68.8 Å². The van der Waals surface area contributed by atoms with E-state index in [9.17, 15) is 0 Å². The number of nitrogens with one attached hydrogen (secondary N) is 3. The van der Waals surface area contributed by atoms with Crippen molar-refractivity contribution in [2.75, 3.05) is 13.6 Å². The van der Waals surface area contributed by atoms with Gasteiger partial charge in [0, 0.05) is 37.2 Å². The molecule has 120 valence electrons. The highest BCUT2D eigenvalue weighted by Gasteiger charge is 2.04. The van der Waals surface area contributed by atoms with Crippen LogP contribution < -0.4 is 10.6 Å². The molecule has 1 aromatic carbocycles. The van der Waals surface area contributed by atoms with Crippen LogP contribution in [0.15, 0.2) is 46.2 Å². The van der Waals surface area contributed by atoms with Gasteiger partial charge in [0.2, 0.25) is 0 Å². The molecule has 0 saturated carbocycles. The smallest absolute Gasteiger partial charge is 0.191 e. The van der Waals surface area contributed by atoms with Crippen LogP contribution in [0.4, 0.5) is 0 Å². The standard InChI is InChI=1S/C18H22N4S/c1-13-3-4-16-15(11-21-17(16)9-13)5-7-20-18(19-2)22-10-14-6-8-23-12-14/h3-4,6,8-9,11-12,21H,5,7,10H2,1-2H3,(H2,19,20,22). The molecule has 5 heteroatoms. The third kappa shape index (κ3) is 3.93. The van der Waals surface area contributed by atoms with Gasteiger partial charge >= 0.3 is 0 Å². The molecule has 0 bridgehead atoms. The van der Waals surface area contributed by atoms with E-state index in [4.69, 9.17) is 0 Å². The second-order valence-corrected chi connectivity index (χ2v) is 6.38. The van der Waals surface area contributed by atoms with Crippen LogP contribution in [-0.4, -0.2) is 24.5 Å². The number of aromatic nitrogens is 1. The van der Waals surface area contributed by atoms with E-state index < -0.39 is 0 Å². The number of benzene rings is 1. The van der Waals surface area contributed by atoms with Crippen LogP contribution in [0.25, 0.3) is 10.9 Å². The molecule has 2 aromatic heterocycles. The third-order valence-corrected chi connectivity index (χ3v) is 4.61. The van der Waals surface area contributed by atoms with Crippen LogP contribution in [0, 0.1) is 6.92 Å². The van der Waals surface area contributed by atoms with Crippen molar-refractivity contribution in [2.45, 2.75) is 19.9 Å². The molecule has 0 aliphatic rings. The van der Waals surface area contributed by atoms with Gasteiger partial charge in [-0.1, -0.05) is 12.1 Å². The van der Waals surface area contributed by atoms with Gasteiger partial charge in [-0.2, -0.15) is 11.3 Å². The van der Waals surface area contributed by atoms with E-state index >= 15 is 0 Å². The molecule has 0 fully saturated rings. The zero-order chi connectivity index (χ0) is 16.1. The number of aliphatic imine (C=N–C) groups is 1. The quantitative estimate of drug-likeness (QED) is 0.497. The van der Waals surface area contributed by atoms with Gasteiger partial charge in [-0.15, -0.1) is 0 Å². The van der Waals surface area contributed by atoms with Gasteiger partial charge in [0.15, 0.2) is 5.96 Å². The van der Waals surface area contributed by atoms with E-state index in [0.717, 1.165) is 25.5 Å². The number of hydrogen-bond donors (Lipinski definition) is 3. The average Bonchev–Trinajstić information content (AvgIpc) is 3.20. The topological polar surface area (TPSA) is 52.2 Å². The van der Waals surface area contributed by atoms with Crippen LogP contribution >= 0.6 is 11.3 Å². The molecule has 0 aliphatic heterocycles. The first-order chi connectivity index (χ1) is 11.3. The van der Waals surface area contributed by atoms with Crippen LogP contribution in [0.1, 0.15) is 16.7 Å². The number of aromatic amines is 1. The number of hydrogen-bond acceptors (Lipinski definition) is 2. The maximum absolute atomic E-state index is 4.27. The summed E-state index contributed by atoms with van der Waals surface area (Å²) in [5.41, 5.74) is 5.10. The zero-order valence-electron chi connectivity index (χ0n) is 13.5. The number of guanidine groups is 1. The van der Waals surface area contributed by atoms with Crippen LogP contribution in [-0.2, 0) is 13.0 Å². The van der Waals surface area contributed by atoms with Gasteiger partial charge in [0.1, 0.15) is 0 Å². The van der Waals surface area contributed by atoms with Gasteiger partial charge in [0.05, 0.1) is 0 Å². The summed E-state index contributed by atoms with van der Waals surface area (Å²) in [5.74, 6) is 0.840. The van der Waals surface area contributed by atoms with E-state index in [0.29, 0.717) is 0 Å². The molecular formula is C18H22N4S. The van der Waals surface area contributed by atoms with Crippen molar-refractivity contribution in [1.82, 2.24) is 15.6 Å². The lowest BCUT2D eigenvalue weighted by Crippen LogP contribution is -2.37. The molecule has 23 heavy (non-hydrogen) atoms. The van der Waals surface area contributed by atoms with Crippen LogP contribution in [0.3, 0.4) is 0 Å². The molecule has 3 rings (SSSR count). The lowest BCUT2D eigenvalue weighted by atomic mass is 10.1. The van der Waals surface area contributed by atoms with Gasteiger partial charge in [0.25, 0.3) is 0 Å². The summed E-state index contributed by atoms with van der Waals surface area (Å²) in [4.78, 5) is 7.62. The Bertz CT molecular complexity index is 787. The lowest BCUT2D eigenvalue weighted by Gasteiger charge is -2.11. The maximum atomic E-state index is 4.27. The van der Waals surface area contributed by atoms with E-state index in [1.807, 2.05) is 0 Å². The average molecular weight is 326 g/mol. The highest BCUT2D eigenvalue weighted by molar-refractivity contribution is 7.07. The first-order valence-electron chi connectivity index (χ1n) is 7.78. The molecule has 3 aromatic rings. The molecule has 0 radical (unpaired) electrons. The van der Waals surface area contributed by atoms with Crippen molar-refractivity contribution in [3.63, 3.8) is 0 Å². The Hall–Kier alpha value is -2.27. The van der Waals surface area contributed by atoms with Crippen LogP contribution in [0.5, 0.6) is 0 Å². The number of fused-ring (bicyclic) bond motifs is 1. The summed E-state index contributed by atoms with van der Waals surface area (Å²) in [6, 6.07) is 8.67. The van der Waals surface area contributed by atoms with Gasteiger partial charge < -0.3 is 15.6 Å². The first kappa shape index (κ1) is 15.6. The molecule has 0 amide bonds. The van der Waals surface area contributed by atoms with Crippen molar-refractivity contribution in [2.24, 2.45) is 4.99 Å². The minimum absolute atomic E-state index is 0.801. The fourth-order valence-electron chi connectivity index (χ4n) is 2.62. The monoisotopic (exact) mass is 326 g/mol. The Labute approximate surface area is 140 Å². The Morgan fingerprint density at radius 3 is 2.96 bits per heavy atom. The van der Waals surface area contributed by atoms with Crippen molar-refractivity contribution < 1.29 is 0 Å². The predicted octanol–water partition coefficient (Wildman–Crippen LogP) is 3.45. The van der Waals surface area contributed by atoms with Gasteiger partial charge in [-0.25, -0.2) is 0 Å². The van der Waals surface area contributed by atoms with Crippen molar-refractivity contribution in [3.05, 3.63) is 57.9 Å². The molecule has 0 aliphatic carbocycles. The van der Waals surface area contributed by atoms with Crippen LogP contribution in [0.2, 0.25) is 0 Å². The van der Waals surface area contributed by atoms with Gasteiger partial charge in [-0.05, 0) is 52.9 Å². The first-order valence-corrected chi connectivity index (χ1v) is 8.73. The normalized spacial score (nSPS) is 11.8. The fourth-order valence-corrected chi connectivity index (χ4v) is 3.29. The number of rotatable bonds is 5. The summed E-state index contributed by atoms with van der Waals surface area (Å²) in [6.07, 6.45) is 3.07. The molecule has 0 atom stereocenters. The second kappa shape index (κ2) is 7.33. The molecule has 0 unspecified atom stereocenters. The molecule has 0 saturated heterocycles. The molecule has 2 heterocycles. The summed E-state index contributed by atoms with van der Waals surface area (Å²) >= 11 is 1.71. The van der Waals surface area contributed by atoms with Gasteiger partial charge in [-0.3, -0.25) is 4.99 Å². The number of H-pyrrole nitrogens is 1. The van der Waals surface area contributed by atoms with E-state index in [1.165, 1.54) is 27.6 Å². The zero-order valence-corrected chi connectivity index (χ0v) is 14.3. The highest BCUT2D eigenvalue weighted by Crippen LogP contribution is 2.19. The second-order valence-electron chi connectivity index (χ2n) is 5.60. The predicted molar refractivity (Wildman–Crippen MR) is 99.3 cm³/mol. The Morgan fingerprint density at radius 2 is 2.17 bits per heavy atom. The van der Waals surface area contributed by atoms with Crippen molar-refractivity contribution in [1.29, 1.82) is 0 Å². The molecule has 0 spiro atoms. The fraction of sp³-hybridized carbons (Fsp3) is 0.278. The SMILES string of the molecule is CN=C(NCCc1c[nH]c2cc(C)ccc12)NCc1ccsc1. The minimum Gasteiger partial charge on any atom is -0.361 e.